The van der Waals surface area contributed by atoms with Gasteiger partial charge in [-0.1, -0.05) is 42.5 Å². The fourth-order valence-corrected chi connectivity index (χ4v) is 3.92. The Morgan fingerprint density at radius 1 is 0.971 bits per heavy atom. The Hall–Kier alpha value is -4.13. The molecule has 4 rings (SSSR count). The van der Waals surface area contributed by atoms with Gasteiger partial charge < -0.3 is 19.7 Å². The fourth-order valence-electron chi connectivity index (χ4n) is 3.92. The van der Waals surface area contributed by atoms with Gasteiger partial charge in [-0.05, 0) is 34.9 Å². The molecule has 1 aliphatic rings. The van der Waals surface area contributed by atoms with Crippen LogP contribution in [0.15, 0.2) is 71.7 Å². The van der Waals surface area contributed by atoms with Gasteiger partial charge in [0.25, 0.3) is 0 Å². The summed E-state index contributed by atoms with van der Waals surface area (Å²) in [7, 11) is 6.60. The lowest BCUT2D eigenvalue weighted by Gasteiger charge is -2.15. The zero-order valence-electron chi connectivity index (χ0n) is 19.7. The number of ether oxygens (including phenoxy) is 2. The Labute approximate surface area is 199 Å². The summed E-state index contributed by atoms with van der Waals surface area (Å²) in [5, 5.41) is 2.95. The van der Waals surface area contributed by atoms with Crippen molar-refractivity contribution in [2.45, 2.75) is 12.3 Å². The van der Waals surface area contributed by atoms with Crippen molar-refractivity contribution in [3.63, 3.8) is 0 Å². The number of nitrogens with one attached hydrogen (secondary N) is 1. The number of methoxy groups -OCH3 is 2. The van der Waals surface area contributed by atoms with E-state index in [1.54, 1.807) is 39.3 Å². The minimum Gasteiger partial charge on any atom is -0.493 e. The molecule has 1 heterocycles. The van der Waals surface area contributed by atoms with Gasteiger partial charge in [0.05, 0.1) is 32.0 Å². The number of rotatable bonds is 7. The molecule has 0 saturated carbocycles. The SMILES string of the molecule is COc1cc2c(cc1OC)C(C(=Nc1ccc(CC(=O)N(C)C)cc1)c1ccccc1)C(=O)N2. The molecule has 3 aromatic rings. The van der Waals surface area contributed by atoms with Crippen molar-refractivity contribution < 1.29 is 19.1 Å². The first-order valence-electron chi connectivity index (χ1n) is 10.9. The van der Waals surface area contributed by atoms with E-state index in [2.05, 4.69) is 5.32 Å². The smallest absolute Gasteiger partial charge is 0.238 e. The standard InChI is InChI=1S/C27H27N3O4/c1-30(2)24(31)14-17-10-12-19(13-11-17)28-26(18-8-6-5-7-9-18)25-20-15-22(33-3)23(34-4)16-21(20)29-27(25)32/h5-13,15-16,25H,14H2,1-4H3,(H,29,32). The molecular formula is C27H27N3O4. The van der Waals surface area contributed by atoms with E-state index in [9.17, 15) is 9.59 Å². The number of anilines is 1. The molecule has 7 nitrogen and oxygen atoms in total. The first-order valence-corrected chi connectivity index (χ1v) is 10.9. The van der Waals surface area contributed by atoms with Gasteiger partial charge in [0, 0.05) is 25.8 Å². The molecule has 1 aliphatic heterocycles. The van der Waals surface area contributed by atoms with Crippen LogP contribution in [-0.4, -0.2) is 50.7 Å². The van der Waals surface area contributed by atoms with E-state index < -0.39 is 5.92 Å². The summed E-state index contributed by atoms with van der Waals surface area (Å²) in [6.45, 7) is 0. The van der Waals surface area contributed by atoms with Crippen molar-refractivity contribution in [2.24, 2.45) is 4.99 Å². The predicted octanol–water partition coefficient (Wildman–Crippen LogP) is 4.19. The lowest BCUT2D eigenvalue weighted by molar-refractivity contribution is -0.128. The van der Waals surface area contributed by atoms with Gasteiger partial charge in [0.15, 0.2) is 11.5 Å². The topological polar surface area (TPSA) is 80.2 Å². The molecule has 0 aromatic heterocycles. The number of carbonyl (C=O) groups excluding carboxylic acids is 2. The fraction of sp³-hybridized carbons (Fsp3) is 0.222. The molecule has 7 heteroatoms. The predicted molar refractivity (Wildman–Crippen MR) is 132 cm³/mol. The van der Waals surface area contributed by atoms with Crippen LogP contribution in [0, 0.1) is 0 Å². The Kier molecular flexibility index (Phi) is 6.63. The van der Waals surface area contributed by atoms with Gasteiger partial charge in [-0.3, -0.25) is 14.6 Å². The number of likely N-dealkylation sites (N-methyl/N-ethyl adjacent to an activating group) is 1. The van der Waals surface area contributed by atoms with E-state index in [0.717, 1.165) is 16.7 Å². The van der Waals surface area contributed by atoms with Crippen LogP contribution in [0.4, 0.5) is 11.4 Å². The minimum absolute atomic E-state index is 0.0323. The Morgan fingerprint density at radius 3 is 2.24 bits per heavy atom. The molecule has 1 unspecified atom stereocenters. The molecule has 0 bridgehead atoms. The van der Waals surface area contributed by atoms with Crippen molar-refractivity contribution in [1.29, 1.82) is 0 Å². The van der Waals surface area contributed by atoms with E-state index in [1.807, 2.05) is 60.7 Å². The normalized spacial score (nSPS) is 14.9. The van der Waals surface area contributed by atoms with Gasteiger partial charge in [-0.25, -0.2) is 0 Å². The number of hydrogen-bond acceptors (Lipinski definition) is 5. The maximum Gasteiger partial charge on any atom is 0.238 e. The summed E-state index contributed by atoms with van der Waals surface area (Å²) >= 11 is 0. The molecule has 0 saturated heterocycles. The highest BCUT2D eigenvalue weighted by atomic mass is 16.5. The van der Waals surface area contributed by atoms with E-state index in [-0.39, 0.29) is 11.8 Å². The van der Waals surface area contributed by atoms with Crippen molar-refractivity contribution >= 4 is 28.9 Å². The lowest BCUT2D eigenvalue weighted by atomic mass is 9.90. The van der Waals surface area contributed by atoms with Crippen LogP contribution in [0.3, 0.4) is 0 Å². The third-order valence-electron chi connectivity index (χ3n) is 5.77. The summed E-state index contributed by atoms with van der Waals surface area (Å²) in [5.74, 6) is 0.339. The molecule has 0 radical (unpaired) electrons. The first-order chi connectivity index (χ1) is 16.4. The molecule has 0 spiro atoms. The zero-order chi connectivity index (χ0) is 24.2. The highest BCUT2D eigenvalue weighted by molar-refractivity contribution is 6.24. The lowest BCUT2D eigenvalue weighted by Crippen LogP contribution is -2.23. The molecule has 2 amide bonds. The molecule has 1 atom stereocenters. The zero-order valence-corrected chi connectivity index (χ0v) is 19.7. The minimum atomic E-state index is -0.618. The number of hydrogen-bond donors (Lipinski definition) is 1. The van der Waals surface area contributed by atoms with Crippen LogP contribution < -0.4 is 14.8 Å². The van der Waals surface area contributed by atoms with Gasteiger partial charge >= 0.3 is 0 Å². The summed E-state index contributed by atoms with van der Waals surface area (Å²) in [6.07, 6.45) is 0.322. The average Bonchev–Trinajstić information content (AvgIpc) is 3.17. The highest BCUT2D eigenvalue weighted by Crippen LogP contribution is 2.42. The van der Waals surface area contributed by atoms with Crippen LogP contribution in [-0.2, 0) is 16.0 Å². The van der Waals surface area contributed by atoms with E-state index in [0.29, 0.717) is 35.0 Å². The Balaban J connectivity index is 1.77. The van der Waals surface area contributed by atoms with Crippen molar-refractivity contribution in [3.05, 3.63) is 83.4 Å². The molecule has 3 aromatic carbocycles. The maximum atomic E-state index is 13.2. The quantitative estimate of drug-likeness (QED) is 0.540. The monoisotopic (exact) mass is 457 g/mol. The van der Waals surface area contributed by atoms with Crippen LogP contribution in [0.25, 0.3) is 0 Å². The van der Waals surface area contributed by atoms with Gasteiger partial charge in [-0.2, -0.15) is 0 Å². The molecule has 34 heavy (non-hydrogen) atoms. The maximum absolute atomic E-state index is 13.2. The van der Waals surface area contributed by atoms with E-state index in [1.165, 1.54) is 0 Å². The van der Waals surface area contributed by atoms with Crippen molar-refractivity contribution in [3.8, 4) is 11.5 Å². The molecule has 0 fully saturated rings. The summed E-state index contributed by atoms with van der Waals surface area (Å²) in [6, 6.07) is 20.7. The largest absolute Gasteiger partial charge is 0.493 e. The number of nitrogens with zero attached hydrogens (tertiary/aromatic N) is 2. The summed E-state index contributed by atoms with van der Waals surface area (Å²) in [5.41, 5.74) is 4.52. The second kappa shape index (κ2) is 9.79. The number of benzene rings is 3. The van der Waals surface area contributed by atoms with Crippen LogP contribution in [0.5, 0.6) is 11.5 Å². The number of carbonyl (C=O) groups is 2. The summed E-state index contributed by atoms with van der Waals surface area (Å²) < 4.78 is 10.9. The molecule has 174 valence electrons. The van der Waals surface area contributed by atoms with Crippen LogP contribution in [0.1, 0.15) is 22.6 Å². The highest BCUT2D eigenvalue weighted by Gasteiger charge is 2.36. The summed E-state index contributed by atoms with van der Waals surface area (Å²) in [4.78, 5) is 31.6. The van der Waals surface area contributed by atoms with Gasteiger partial charge in [0.1, 0.15) is 5.92 Å². The van der Waals surface area contributed by atoms with E-state index in [4.69, 9.17) is 14.5 Å². The van der Waals surface area contributed by atoms with Crippen LogP contribution in [0.2, 0.25) is 0 Å². The number of aliphatic imine (C=N–C) groups is 1. The number of fused-ring (bicyclic) bond motifs is 1. The van der Waals surface area contributed by atoms with Crippen molar-refractivity contribution in [2.75, 3.05) is 33.6 Å². The Morgan fingerprint density at radius 2 is 1.62 bits per heavy atom. The Bertz CT molecular complexity index is 1230. The molecule has 0 aliphatic carbocycles. The van der Waals surface area contributed by atoms with Gasteiger partial charge in [0.2, 0.25) is 11.8 Å². The second-order valence-electron chi connectivity index (χ2n) is 8.21. The average molecular weight is 458 g/mol. The third kappa shape index (κ3) is 4.64. The third-order valence-corrected chi connectivity index (χ3v) is 5.77. The molecular weight excluding hydrogens is 430 g/mol. The first kappa shape index (κ1) is 23.0. The number of amides is 2. The second-order valence-corrected chi connectivity index (χ2v) is 8.21. The van der Waals surface area contributed by atoms with Gasteiger partial charge in [-0.15, -0.1) is 0 Å². The van der Waals surface area contributed by atoms with E-state index >= 15 is 0 Å². The van der Waals surface area contributed by atoms with Crippen molar-refractivity contribution in [1.82, 2.24) is 4.90 Å². The van der Waals surface area contributed by atoms with Crippen LogP contribution >= 0.6 is 0 Å². The molecule has 1 N–H and O–H groups in total.